The molecule has 0 spiro atoms. The number of nitrogens with one attached hydrogen (secondary N) is 1. The average Bonchev–Trinajstić information content (AvgIpc) is 2.36. The van der Waals surface area contributed by atoms with Gasteiger partial charge in [-0.2, -0.15) is 0 Å². The van der Waals surface area contributed by atoms with E-state index in [9.17, 15) is 4.79 Å². The number of benzene rings is 2. The molecule has 0 heterocycles. The highest BCUT2D eigenvalue weighted by Gasteiger charge is 2.11. The van der Waals surface area contributed by atoms with Gasteiger partial charge in [0.15, 0.2) is 0 Å². The van der Waals surface area contributed by atoms with Crippen molar-refractivity contribution in [2.75, 3.05) is 11.1 Å². The average molecular weight is 333 g/mol. The maximum Gasteiger partial charge on any atom is 0.228 e. The molecule has 3 N–H and O–H groups in total. The fourth-order valence-electron chi connectivity index (χ4n) is 2.07. The van der Waals surface area contributed by atoms with Crippen LogP contribution in [0.1, 0.15) is 16.7 Å². The summed E-state index contributed by atoms with van der Waals surface area (Å²) in [6.45, 7) is 3.96. The SMILES string of the molecule is Cc1cc(N)c(NC(=O)Cc2ccccc2C)c(Br)c1. The van der Waals surface area contributed by atoms with Gasteiger partial charge in [-0.25, -0.2) is 0 Å². The van der Waals surface area contributed by atoms with E-state index in [1.165, 1.54) is 0 Å². The van der Waals surface area contributed by atoms with E-state index in [1.54, 1.807) is 0 Å². The second kappa shape index (κ2) is 6.09. The van der Waals surface area contributed by atoms with Crippen LogP contribution in [-0.2, 0) is 11.2 Å². The van der Waals surface area contributed by atoms with Crippen molar-refractivity contribution < 1.29 is 4.79 Å². The third kappa shape index (κ3) is 3.39. The lowest BCUT2D eigenvalue weighted by Gasteiger charge is -2.12. The molecule has 3 nitrogen and oxygen atoms in total. The summed E-state index contributed by atoms with van der Waals surface area (Å²) in [6, 6.07) is 11.6. The van der Waals surface area contributed by atoms with Crippen LogP contribution in [0.3, 0.4) is 0 Å². The van der Waals surface area contributed by atoms with Gasteiger partial charge < -0.3 is 11.1 Å². The van der Waals surface area contributed by atoms with Gasteiger partial charge in [0.2, 0.25) is 5.91 Å². The number of carbonyl (C=O) groups excluding carboxylic acids is 1. The van der Waals surface area contributed by atoms with Gasteiger partial charge in [-0.3, -0.25) is 4.79 Å². The first-order chi connectivity index (χ1) is 9.47. The number of carbonyl (C=O) groups is 1. The van der Waals surface area contributed by atoms with Gasteiger partial charge in [-0.1, -0.05) is 24.3 Å². The minimum absolute atomic E-state index is 0.0736. The van der Waals surface area contributed by atoms with Crippen LogP contribution in [0.15, 0.2) is 40.9 Å². The summed E-state index contributed by atoms with van der Waals surface area (Å²) >= 11 is 3.43. The van der Waals surface area contributed by atoms with Gasteiger partial charge in [0.05, 0.1) is 17.8 Å². The standard InChI is InChI=1S/C16H17BrN2O/c1-10-7-13(17)16(14(18)8-10)19-15(20)9-12-6-4-3-5-11(12)2/h3-8H,9,18H2,1-2H3,(H,19,20). The first kappa shape index (κ1) is 14.6. The van der Waals surface area contributed by atoms with E-state index in [0.717, 1.165) is 21.2 Å². The molecule has 0 radical (unpaired) electrons. The second-order valence-corrected chi connectivity index (χ2v) is 5.72. The van der Waals surface area contributed by atoms with Crippen LogP contribution in [0.2, 0.25) is 0 Å². The Balaban J connectivity index is 2.15. The predicted octanol–water partition coefficient (Wildman–Crippen LogP) is 3.83. The van der Waals surface area contributed by atoms with Crippen LogP contribution in [0, 0.1) is 13.8 Å². The Bertz CT molecular complexity index is 630. The Kier molecular flexibility index (Phi) is 4.45. The number of anilines is 2. The zero-order chi connectivity index (χ0) is 14.7. The van der Waals surface area contributed by atoms with Crippen molar-refractivity contribution in [3.63, 3.8) is 0 Å². The number of nitrogen functional groups attached to an aromatic ring is 1. The van der Waals surface area contributed by atoms with Crippen LogP contribution in [0.4, 0.5) is 11.4 Å². The summed E-state index contributed by atoms with van der Waals surface area (Å²) in [4.78, 5) is 12.1. The van der Waals surface area contributed by atoms with Crippen molar-refractivity contribution in [1.29, 1.82) is 0 Å². The Hall–Kier alpha value is -1.81. The van der Waals surface area contributed by atoms with E-state index in [4.69, 9.17) is 5.73 Å². The molecule has 0 atom stereocenters. The van der Waals surface area contributed by atoms with Crippen molar-refractivity contribution in [2.24, 2.45) is 0 Å². The number of aryl methyl sites for hydroxylation is 2. The van der Waals surface area contributed by atoms with Crippen molar-refractivity contribution >= 4 is 33.2 Å². The smallest absolute Gasteiger partial charge is 0.228 e. The van der Waals surface area contributed by atoms with E-state index < -0.39 is 0 Å². The summed E-state index contributed by atoms with van der Waals surface area (Å²) in [5.74, 6) is -0.0736. The Morgan fingerprint density at radius 3 is 2.60 bits per heavy atom. The Morgan fingerprint density at radius 2 is 1.95 bits per heavy atom. The summed E-state index contributed by atoms with van der Waals surface area (Å²) in [5.41, 5.74) is 10.3. The van der Waals surface area contributed by atoms with Gasteiger partial charge in [0.25, 0.3) is 0 Å². The summed E-state index contributed by atoms with van der Waals surface area (Å²) in [6.07, 6.45) is 0.340. The molecule has 0 saturated carbocycles. The highest BCUT2D eigenvalue weighted by Crippen LogP contribution is 2.30. The van der Waals surface area contributed by atoms with Gasteiger partial charge >= 0.3 is 0 Å². The molecule has 0 aromatic heterocycles. The molecule has 1 amide bonds. The maximum absolute atomic E-state index is 12.1. The highest BCUT2D eigenvalue weighted by molar-refractivity contribution is 9.10. The van der Waals surface area contributed by atoms with Crippen molar-refractivity contribution in [2.45, 2.75) is 20.3 Å². The lowest BCUT2D eigenvalue weighted by atomic mass is 10.1. The first-order valence-corrected chi connectivity index (χ1v) is 7.16. The second-order valence-electron chi connectivity index (χ2n) is 4.86. The van der Waals surface area contributed by atoms with Crippen molar-refractivity contribution in [1.82, 2.24) is 0 Å². The summed E-state index contributed by atoms with van der Waals surface area (Å²) in [7, 11) is 0. The zero-order valence-corrected chi connectivity index (χ0v) is 13.1. The quantitative estimate of drug-likeness (QED) is 0.839. The number of halogens is 1. The zero-order valence-electron chi connectivity index (χ0n) is 11.5. The van der Waals surface area contributed by atoms with Crippen LogP contribution in [0.25, 0.3) is 0 Å². The van der Waals surface area contributed by atoms with Crippen LogP contribution < -0.4 is 11.1 Å². The van der Waals surface area contributed by atoms with Crippen LogP contribution >= 0.6 is 15.9 Å². The molecule has 0 aliphatic rings. The van der Waals surface area contributed by atoms with Crippen molar-refractivity contribution in [3.05, 3.63) is 57.6 Å². The van der Waals surface area contributed by atoms with E-state index in [1.807, 2.05) is 50.2 Å². The highest BCUT2D eigenvalue weighted by atomic mass is 79.9. The minimum atomic E-state index is -0.0736. The number of hydrogen-bond acceptors (Lipinski definition) is 2. The fraction of sp³-hybridized carbons (Fsp3) is 0.188. The molecule has 0 aliphatic heterocycles. The lowest BCUT2D eigenvalue weighted by molar-refractivity contribution is -0.115. The molecule has 2 rings (SSSR count). The van der Waals surface area contributed by atoms with Gasteiger partial charge in [0.1, 0.15) is 0 Å². The third-order valence-corrected chi connectivity index (χ3v) is 3.77. The molecule has 0 aliphatic carbocycles. The maximum atomic E-state index is 12.1. The molecule has 0 fully saturated rings. The minimum Gasteiger partial charge on any atom is -0.397 e. The Morgan fingerprint density at radius 1 is 1.25 bits per heavy atom. The number of amides is 1. The van der Waals surface area contributed by atoms with Gasteiger partial charge in [-0.05, 0) is 58.6 Å². The van der Waals surface area contributed by atoms with E-state index in [2.05, 4.69) is 21.2 Å². The molecule has 4 heteroatoms. The molecular weight excluding hydrogens is 316 g/mol. The van der Waals surface area contributed by atoms with Gasteiger partial charge in [-0.15, -0.1) is 0 Å². The molecule has 2 aromatic rings. The van der Waals surface area contributed by atoms with E-state index in [-0.39, 0.29) is 5.91 Å². The van der Waals surface area contributed by atoms with Gasteiger partial charge in [0, 0.05) is 4.47 Å². The topological polar surface area (TPSA) is 55.1 Å². The molecule has 20 heavy (non-hydrogen) atoms. The normalized spacial score (nSPS) is 10.3. The summed E-state index contributed by atoms with van der Waals surface area (Å²) < 4.78 is 0.799. The van der Waals surface area contributed by atoms with Crippen LogP contribution in [0.5, 0.6) is 0 Å². The first-order valence-electron chi connectivity index (χ1n) is 6.37. The third-order valence-electron chi connectivity index (χ3n) is 3.14. The van der Waals surface area contributed by atoms with Crippen molar-refractivity contribution in [3.8, 4) is 0 Å². The summed E-state index contributed by atoms with van der Waals surface area (Å²) in [5, 5.41) is 2.87. The number of rotatable bonds is 3. The van der Waals surface area contributed by atoms with E-state index >= 15 is 0 Å². The fourth-order valence-corrected chi connectivity index (χ4v) is 2.76. The molecule has 104 valence electrons. The van der Waals surface area contributed by atoms with E-state index in [0.29, 0.717) is 17.8 Å². The van der Waals surface area contributed by atoms with Crippen LogP contribution in [-0.4, -0.2) is 5.91 Å². The molecule has 0 saturated heterocycles. The number of nitrogens with two attached hydrogens (primary N) is 1. The molecule has 2 aromatic carbocycles. The molecule has 0 unspecified atom stereocenters. The monoisotopic (exact) mass is 332 g/mol. The largest absolute Gasteiger partial charge is 0.397 e. The predicted molar refractivity (Wildman–Crippen MR) is 86.8 cm³/mol. The number of hydrogen-bond donors (Lipinski definition) is 2. The molecular formula is C16H17BrN2O. The molecule has 0 bridgehead atoms. The lowest BCUT2D eigenvalue weighted by Crippen LogP contribution is -2.16. The Labute approximate surface area is 127 Å².